The number of sulfone groups is 1. The molecule has 2 heterocycles. The molecule has 0 bridgehead atoms. The number of nitrogens with zero attached hydrogens (tertiary/aromatic N) is 3. The van der Waals surface area contributed by atoms with E-state index in [1.807, 2.05) is 60.9 Å². The fourth-order valence-corrected chi connectivity index (χ4v) is 4.97. The fourth-order valence-electron chi connectivity index (χ4n) is 4.45. The maximum absolute atomic E-state index is 13.4. The van der Waals surface area contributed by atoms with Crippen molar-refractivity contribution in [2.75, 3.05) is 30.0 Å². The molecule has 2 aliphatic rings. The van der Waals surface area contributed by atoms with Crippen LogP contribution in [0.1, 0.15) is 11.1 Å². The number of hydrogen-bond donors (Lipinski definition) is 1. The second-order valence-corrected chi connectivity index (χ2v) is 12.1. The summed E-state index contributed by atoms with van der Waals surface area (Å²) in [5.74, 6) is 0.573. The summed E-state index contributed by atoms with van der Waals surface area (Å²) >= 11 is 0. The Morgan fingerprint density at radius 2 is 1.88 bits per heavy atom. The molecule has 3 aromatic carbocycles. The second-order valence-electron chi connectivity index (χ2n) is 9.80. The zero-order valence-corrected chi connectivity index (χ0v) is 23.0. The van der Waals surface area contributed by atoms with E-state index in [0.717, 1.165) is 33.8 Å². The highest BCUT2D eigenvalue weighted by molar-refractivity contribution is 7.90. The van der Waals surface area contributed by atoms with Crippen molar-refractivity contribution in [3.05, 3.63) is 114 Å². The van der Waals surface area contributed by atoms with E-state index < -0.39 is 9.84 Å². The number of benzene rings is 3. The van der Waals surface area contributed by atoms with Crippen molar-refractivity contribution in [2.45, 2.75) is 13.2 Å². The Morgan fingerprint density at radius 3 is 2.67 bits per heavy atom. The number of halogens is 1. The number of aliphatic imine (C=N–C) groups is 2. The number of rotatable bonds is 10. The van der Waals surface area contributed by atoms with Crippen molar-refractivity contribution in [3.8, 4) is 5.75 Å². The van der Waals surface area contributed by atoms with Gasteiger partial charge in [0.1, 0.15) is 28.0 Å². The lowest BCUT2D eigenvalue weighted by Gasteiger charge is -2.28. The fraction of sp³-hybridized carbons (Fsp3) is 0.226. The molecular formula is C31H31FN4O3S. The van der Waals surface area contributed by atoms with Gasteiger partial charge < -0.3 is 15.0 Å². The van der Waals surface area contributed by atoms with Crippen LogP contribution in [0.2, 0.25) is 0 Å². The summed E-state index contributed by atoms with van der Waals surface area (Å²) in [4.78, 5) is 11.5. The van der Waals surface area contributed by atoms with Crippen molar-refractivity contribution in [1.29, 1.82) is 0 Å². The van der Waals surface area contributed by atoms with Gasteiger partial charge in [-0.25, -0.2) is 12.8 Å². The van der Waals surface area contributed by atoms with Crippen molar-refractivity contribution >= 4 is 33.1 Å². The third-order valence-electron chi connectivity index (χ3n) is 6.51. The predicted molar refractivity (Wildman–Crippen MR) is 159 cm³/mol. The van der Waals surface area contributed by atoms with Crippen LogP contribution >= 0.6 is 0 Å². The molecule has 0 aromatic heterocycles. The van der Waals surface area contributed by atoms with Crippen molar-refractivity contribution in [3.63, 3.8) is 0 Å². The minimum Gasteiger partial charge on any atom is -0.489 e. The number of allylic oxidation sites excluding steroid dienone is 1. The third-order valence-corrected chi connectivity index (χ3v) is 7.46. The number of ether oxygens (including phenoxy) is 1. The Bertz CT molecular complexity index is 1580. The van der Waals surface area contributed by atoms with E-state index >= 15 is 0 Å². The van der Waals surface area contributed by atoms with E-state index in [-0.39, 0.29) is 24.1 Å². The highest BCUT2D eigenvalue weighted by atomic mass is 32.2. The van der Waals surface area contributed by atoms with E-state index in [1.165, 1.54) is 18.4 Å². The van der Waals surface area contributed by atoms with Crippen LogP contribution in [0.5, 0.6) is 5.75 Å². The molecule has 0 radical (unpaired) electrons. The highest BCUT2D eigenvalue weighted by Gasteiger charge is 2.23. The topological polar surface area (TPSA) is 83.4 Å². The van der Waals surface area contributed by atoms with Crippen molar-refractivity contribution in [2.24, 2.45) is 15.9 Å². The first-order valence-corrected chi connectivity index (χ1v) is 15.1. The van der Waals surface area contributed by atoms with Crippen LogP contribution in [-0.2, 0) is 23.0 Å². The number of fused-ring (bicyclic) bond motifs is 1. The van der Waals surface area contributed by atoms with Gasteiger partial charge in [0.15, 0.2) is 0 Å². The Morgan fingerprint density at radius 1 is 1.07 bits per heavy atom. The van der Waals surface area contributed by atoms with Gasteiger partial charge in [-0.15, -0.1) is 0 Å². The summed E-state index contributed by atoms with van der Waals surface area (Å²) < 4.78 is 41.9. The zero-order valence-electron chi connectivity index (χ0n) is 22.2. The van der Waals surface area contributed by atoms with Crippen molar-refractivity contribution < 1.29 is 17.5 Å². The maximum Gasteiger partial charge on any atom is 0.148 e. The molecule has 1 N–H and O–H groups in total. The molecule has 0 spiro atoms. The van der Waals surface area contributed by atoms with E-state index in [0.29, 0.717) is 25.4 Å². The van der Waals surface area contributed by atoms with Gasteiger partial charge in [0.05, 0.1) is 23.7 Å². The van der Waals surface area contributed by atoms with Crippen LogP contribution in [0.25, 0.3) is 0 Å². The summed E-state index contributed by atoms with van der Waals surface area (Å²) in [6.45, 7) is 1.78. The Kier molecular flexibility index (Phi) is 8.52. The van der Waals surface area contributed by atoms with E-state index in [9.17, 15) is 12.8 Å². The maximum atomic E-state index is 13.4. The molecule has 40 heavy (non-hydrogen) atoms. The van der Waals surface area contributed by atoms with Crippen LogP contribution in [0.3, 0.4) is 0 Å². The van der Waals surface area contributed by atoms with E-state index in [2.05, 4.69) is 33.6 Å². The van der Waals surface area contributed by atoms with Gasteiger partial charge in [-0.1, -0.05) is 30.3 Å². The summed E-state index contributed by atoms with van der Waals surface area (Å²) in [5.41, 5.74) is 5.62. The number of nitrogens with one attached hydrogen (secondary N) is 1. The van der Waals surface area contributed by atoms with Gasteiger partial charge in [0, 0.05) is 55.1 Å². The first-order chi connectivity index (χ1) is 19.3. The average molecular weight is 559 g/mol. The van der Waals surface area contributed by atoms with E-state index in [1.54, 1.807) is 6.07 Å². The highest BCUT2D eigenvalue weighted by Crippen LogP contribution is 2.29. The normalized spacial score (nSPS) is 17.6. The molecular weight excluding hydrogens is 527 g/mol. The summed E-state index contributed by atoms with van der Waals surface area (Å²) in [7, 11) is -2.99. The lowest BCUT2D eigenvalue weighted by Crippen LogP contribution is -2.27. The molecule has 206 valence electrons. The van der Waals surface area contributed by atoms with Crippen LogP contribution < -0.4 is 15.0 Å². The molecule has 9 heteroatoms. The van der Waals surface area contributed by atoms with Crippen LogP contribution in [0.15, 0.2) is 107 Å². The molecule has 1 atom stereocenters. The van der Waals surface area contributed by atoms with Crippen LogP contribution in [0, 0.1) is 11.7 Å². The lowest BCUT2D eigenvalue weighted by molar-refractivity contribution is 0.305. The molecule has 1 unspecified atom stereocenters. The standard InChI is InChI=1S/C31H31FN4O3S/c1-40(37,38)15-13-33-18-23-4-3-7-28(17-23)36-14-12-25-19-34-20-31(30(25)21-36)35-27-8-10-29(11-9-27)39-22-24-5-2-6-26(32)16-24/h2-12,14,16-17,19,21,25,33H,13,15,18,20,22H2,1H3. The smallest absolute Gasteiger partial charge is 0.148 e. The summed E-state index contributed by atoms with van der Waals surface area (Å²) in [6.07, 6.45) is 9.43. The quantitative estimate of drug-likeness (QED) is 0.345. The third kappa shape index (κ3) is 7.52. The first kappa shape index (κ1) is 27.5. The van der Waals surface area contributed by atoms with Gasteiger partial charge in [0.2, 0.25) is 0 Å². The van der Waals surface area contributed by atoms with Crippen molar-refractivity contribution in [1.82, 2.24) is 5.32 Å². The number of hydrogen-bond acceptors (Lipinski definition) is 7. The lowest BCUT2D eigenvalue weighted by atomic mass is 9.92. The molecule has 0 saturated carbocycles. The molecule has 0 saturated heterocycles. The predicted octanol–water partition coefficient (Wildman–Crippen LogP) is 5.23. The van der Waals surface area contributed by atoms with Crippen LogP contribution in [-0.4, -0.2) is 45.4 Å². The Labute approximate surface area is 234 Å². The molecule has 0 aliphatic carbocycles. The SMILES string of the molecule is CS(=O)(=O)CCNCc1cccc(N2C=CC3C=NCC(=Nc4ccc(OCc5cccc(F)c5)cc4)C3=C2)c1. The van der Waals surface area contributed by atoms with Gasteiger partial charge >= 0.3 is 0 Å². The van der Waals surface area contributed by atoms with Gasteiger partial charge in [0.25, 0.3) is 0 Å². The summed E-state index contributed by atoms with van der Waals surface area (Å²) in [6, 6.07) is 22.0. The van der Waals surface area contributed by atoms with E-state index in [4.69, 9.17) is 9.73 Å². The molecule has 5 rings (SSSR count). The molecule has 0 fully saturated rings. The number of anilines is 1. The van der Waals surface area contributed by atoms with Gasteiger partial charge in [-0.2, -0.15) is 0 Å². The summed E-state index contributed by atoms with van der Waals surface area (Å²) in [5, 5.41) is 3.20. The van der Waals surface area contributed by atoms with Crippen LogP contribution in [0.4, 0.5) is 15.8 Å². The molecule has 0 amide bonds. The van der Waals surface area contributed by atoms with Gasteiger partial charge in [-0.05, 0) is 59.7 Å². The molecule has 2 aliphatic heterocycles. The second kappa shape index (κ2) is 12.4. The molecule has 7 nitrogen and oxygen atoms in total. The monoisotopic (exact) mass is 558 g/mol. The zero-order chi connectivity index (χ0) is 28.0. The minimum absolute atomic E-state index is 0.0541. The average Bonchev–Trinajstić information content (AvgIpc) is 2.95. The Balaban J connectivity index is 1.26. The largest absolute Gasteiger partial charge is 0.489 e. The molecule has 3 aromatic rings. The van der Waals surface area contributed by atoms with Gasteiger partial charge in [-0.3, -0.25) is 9.98 Å². The minimum atomic E-state index is -2.99. The Hall–Kier alpha value is -4.08. The first-order valence-electron chi connectivity index (χ1n) is 13.0.